The highest BCUT2D eigenvalue weighted by atomic mass is 19.1. The molecule has 0 bridgehead atoms. The van der Waals surface area contributed by atoms with Gasteiger partial charge in [0.2, 0.25) is 0 Å². The Morgan fingerprint density at radius 2 is 1.90 bits per heavy atom. The number of methoxy groups -OCH3 is 1. The van der Waals surface area contributed by atoms with Gasteiger partial charge in [-0.1, -0.05) is 30.3 Å². The molecule has 0 saturated carbocycles. The first-order chi connectivity index (χ1) is 10.2. The Hall–Kier alpha value is -2.20. The molecule has 0 heterocycles. The van der Waals surface area contributed by atoms with Crippen molar-refractivity contribution < 1.29 is 18.7 Å². The molecule has 0 unspecified atom stereocenters. The summed E-state index contributed by atoms with van der Waals surface area (Å²) in [5, 5.41) is 0. The lowest BCUT2D eigenvalue weighted by molar-refractivity contribution is 0.0765. The molecule has 3 nitrogen and oxygen atoms in total. The second-order valence-electron chi connectivity index (χ2n) is 4.56. The van der Waals surface area contributed by atoms with Crippen LogP contribution in [-0.4, -0.2) is 26.1 Å². The van der Waals surface area contributed by atoms with Crippen LogP contribution in [0.1, 0.15) is 15.9 Å². The van der Waals surface area contributed by atoms with Crippen LogP contribution in [0.4, 0.5) is 4.39 Å². The van der Waals surface area contributed by atoms with E-state index in [0.29, 0.717) is 6.61 Å². The van der Waals surface area contributed by atoms with E-state index in [-0.39, 0.29) is 23.7 Å². The maximum Gasteiger partial charge on any atom is 0.188 e. The summed E-state index contributed by atoms with van der Waals surface area (Å²) in [4.78, 5) is 11.9. The third-order valence-electron chi connectivity index (χ3n) is 3.08. The van der Waals surface area contributed by atoms with Gasteiger partial charge in [-0.25, -0.2) is 4.39 Å². The minimum Gasteiger partial charge on any atom is -0.494 e. The molecule has 0 aliphatic carbocycles. The van der Waals surface area contributed by atoms with E-state index in [0.717, 1.165) is 12.0 Å². The summed E-state index contributed by atoms with van der Waals surface area (Å²) in [6.45, 7) is 0.396. The number of carbonyl (C=O) groups excluding carboxylic acids is 1. The standard InChI is InChI=1S/C17H17FO3/c1-20-17-8-7-14(11-15(17)18)16(19)12-21-10-9-13-5-3-2-4-6-13/h2-8,11H,9-10,12H2,1H3. The summed E-state index contributed by atoms with van der Waals surface area (Å²) in [6.07, 6.45) is 0.741. The zero-order valence-corrected chi connectivity index (χ0v) is 11.8. The monoisotopic (exact) mass is 288 g/mol. The molecular weight excluding hydrogens is 271 g/mol. The second-order valence-corrected chi connectivity index (χ2v) is 4.56. The Bertz CT molecular complexity index is 596. The van der Waals surface area contributed by atoms with Gasteiger partial charge in [0.25, 0.3) is 0 Å². The first kappa shape index (κ1) is 15.2. The molecule has 2 rings (SSSR count). The number of benzene rings is 2. The summed E-state index contributed by atoms with van der Waals surface area (Å²) < 4.78 is 23.7. The Morgan fingerprint density at radius 3 is 2.57 bits per heavy atom. The van der Waals surface area contributed by atoms with Crippen LogP contribution in [0.25, 0.3) is 0 Å². The lowest BCUT2D eigenvalue weighted by atomic mass is 10.1. The zero-order chi connectivity index (χ0) is 15.1. The maximum absolute atomic E-state index is 13.5. The van der Waals surface area contributed by atoms with Crippen LogP contribution in [0.15, 0.2) is 48.5 Å². The van der Waals surface area contributed by atoms with Gasteiger partial charge in [0.15, 0.2) is 17.3 Å². The molecule has 0 atom stereocenters. The van der Waals surface area contributed by atoms with E-state index in [1.807, 2.05) is 30.3 Å². The lowest BCUT2D eigenvalue weighted by Gasteiger charge is -2.06. The number of Topliss-reactive ketones (excluding diaryl/α,β-unsaturated/α-hetero) is 1. The van der Waals surface area contributed by atoms with Crippen LogP contribution in [0, 0.1) is 5.82 Å². The van der Waals surface area contributed by atoms with Crippen molar-refractivity contribution in [1.82, 2.24) is 0 Å². The number of carbonyl (C=O) groups is 1. The molecule has 110 valence electrons. The summed E-state index contributed by atoms with van der Waals surface area (Å²) in [7, 11) is 1.38. The molecule has 0 aliphatic heterocycles. The molecule has 0 fully saturated rings. The Labute approximate surface area is 123 Å². The topological polar surface area (TPSA) is 35.5 Å². The smallest absolute Gasteiger partial charge is 0.188 e. The molecule has 0 saturated heterocycles. The van der Waals surface area contributed by atoms with Crippen LogP contribution < -0.4 is 4.74 Å². The van der Waals surface area contributed by atoms with Gasteiger partial charge in [0.1, 0.15) is 6.61 Å². The van der Waals surface area contributed by atoms with Crippen LogP contribution in [0.3, 0.4) is 0 Å². The van der Waals surface area contributed by atoms with Gasteiger partial charge in [-0.15, -0.1) is 0 Å². The van der Waals surface area contributed by atoms with E-state index >= 15 is 0 Å². The maximum atomic E-state index is 13.5. The Balaban J connectivity index is 1.80. The minimum absolute atomic E-state index is 0.0569. The Morgan fingerprint density at radius 1 is 1.14 bits per heavy atom. The largest absolute Gasteiger partial charge is 0.494 e. The summed E-state index contributed by atoms with van der Waals surface area (Å²) in [5.74, 6) is -0.672. The second kappa shape index (κ2) is 7.55. The molecular formula is C17H17FO3. The molecule has 21 heavy (non-hydrogen) atoms. The van der Waals surface area contributed by atoms with Crippen LogP contribution in [0.5, 0.6) is 5.75 Å². The van der Waals surface area contributed by atoms with E-state index in [9.17, 15) is 9.18 Å². The molecule has 0 spiro atoms. The van der Waals surface area contributed by atoms with E-state index in [1.165, 1.54) is 25.3 Å². The summed E-state index contributed by atoms with van der Waals surface area (Å²) in [6, 6.07) is 14.0. The molecule has 2 aromatic carbocycles. The van der Waals surface area contributed by atoms with E-state index in [2.05, 4.69) is 0 Å². The third-order valence-corrected chi connectivity index (χ3v) is 3.08. The van der Waals surface area contributed by atoms with Crippen molar-refractivity contribution in [3.8, 4) is 5.75 Å². The minimum atomic E-state index is -0.548. The molecule has 0 aliphatic rings. The van der Waals surface area contributed by atoms with E-state index < -0.39 is 5.82 Å². The molecule has 0 aromatic heterocycles. The van der Waals surface area contributed by atoms with E-state index in [1.54, 1.807) is 0 Å². The quantitative estimate of drug-likeness (QED) is 0.579. The number of hydrogen-bond acceptors (Lipinski definition) is 3. The summed E-state index contributed by atoms with van der Waals surface area (Å²) in [5.41, 5.74) is 1.44. The molecule has 4 heteroatoms. The number of rotatable bonds is 7. The van der Waals surface area contributed by atoms with Gasteiger partial charge >= 0.3 is 0 Å². The highest BCUT2D eigenvalue weighted by Crippen LogP contribution is 2.18. The van der Waals surface area contributed by atoms with Crippen molar-refractivity contribution in [2.45, 2.75) is 6.42 Å². The van der Waals surface area contributed by atoms with Crippen LogP contribution >= 0.6 is 0 Å². The van der Waals surface area contributed by atoms with Crippen molar-refractivity contribution in [3.63, 3.8) is 0 Å². The number of ether oxygens (including phenoxy) is 2. The van der Waals surface area contributed by atoms with Gasteiger partial charge < -0.3 is 9.47 Å². The Kier molecular flexibility index (Phi) is 5.46. The van der Waals surface area contributed by atoms with Crippen LogP contribution in [-0.2, 0) is 11.2 Å². The van der Waals surface area contributed by atoms with Crippen molar-refractivity contribution in [2.24, 2.45) is 0 Å². The number of ketones is 1. The SMILES string of the molecule is COc1ccc(C(=O)COCCc2ccccc2)cc1F. The summed E-state index contributed by atoms with van der Waals surface area (Å²) >= 11 is 0. The van der Waals surface area contributed by atoms with Gasteiger partial charge in [0, 0.05) is 5.56 Å². The molecule has 0 amide bonds. The molecule has 0 N–H and O–H groups in total. The fourth-order valence-corrected chi connectivity index (χ4v) is 1.92. The van der Waals surface area contributed by atoms with Gasteiger partial charge in [-0.2, -0.15) is 0 Å². The highest BCUT2D eigenvalue weighted by Gasteiger charge is 2.10. The van der Waals surface area contributed by atoms with Gasteiger partial charge in [-0.05, 0) is 30.2 Å². The van der Waals surface area contributed by atoms with Crippen molar-refractivity contribution in [2.75, 3.05) is 20.3 Å². The first-order valence-corrected chi connectivity index (χ1v) is 6.69. The first-order valence-electron chi connectivity index (χ1n) is 6.69. The average Bonchev–Trinajstić information content (AvgIpc) is 2.52. The predicted molar refractivity (Wildman–Crippen MR) is 78.2 cm³/mol. The normalized spacial score (nSPS) is 10.4. The number of halogens is 1. The fraction of sp³-hybridized carbons (Fsp3) is 0.235. The average molecular weight is 288 g/mol. The number of hydrogen-bond donors (Lipinski definition) is 0. The highest BCUT2D eigenvalue weighted by molar-refractivity contribution is 5.97. The van der Waals surface area contributed by atoms with Crippen LogP contribution in [0.2, 0.25) is 0 Å². The zero-order valence-electron chi connectivity index (χ0n) is 11.8. The van der Waals surface area contributed by atoms with Crippen molar-refractivity contribution in [1.29, 1.82) is 0 Å². The van der Waals surface area contributed by atoms with Gasteiger partial charge in [0.05, 0.1) is 13.7 Å². The van der Waals surface area contributed by atoms with E-state index in [4.69, 9.17) is 9.47 Å². The van der Waals surface area contributed by atoms with Crippen molar-refractivity contribution in [3.05, 3.63) is 65.5 Å². The molecule has 0 radical (unpaired) electrons. The third kappa shape index (κ3) is 4.39. The fourth-order valence-electron chi connectivity index (χ4n) is 1.92. The van der Waals surface area contributed by atoms with Crippen molar-refractivity contribution >= 4 is 5.78 Å². The molecule has 2 aromatic rings. The predicted octanol–water partition coefficient (Wildman–Crippen LogP) is 3.28. The van der Waals surface area contributed by atoms with Gasteiger partial charge in [-0.3, -0.25) is 4.79 Å². The lowest BCUT2D eigenvalue weighted by Crippen LogP contribution is -2.11.